The summed E-state index contributed by atoms with van der Waals surface area (Å²) in [4.78, 5) is 49.2. The van der Waals surface area contributed by atoms with E-state index in [4.69, 9.17) is 9.47 Å². The SMILES string of the molecule is COc1ccc(C2=C3C(=O)C(=O)N(c4ccccc4)[C@@]3(c3ccc(OC)cc3)N(c3ccccc3)C(=O)N2c2ccccc2)cc1. The molecule has 0 aromatic heterocycles. The van der Waals surface area contributed by atoms with E-state index in [2.05, 4.69) is 0 Å². The zero-order valence-corrected chi connectivity index (χ0v) is 25.2. The number of urea groups is 1. The highest BCUT2D eigenvalue weighted by atomic mass is 16.5. The number of carbonyl (C=O) groups is 3. The third-order valence-corrected chi connectivity index (χ3v) is 8.36. The summed E-state index contributed by atoms with van der Waals surface area (Å²) in [6.45, 7) is 0. The van der Waals surface area contributed by atoms with E-state index < -0.39 is 23.4 Å². The zero-order valence-electron chi connectivity index (χ0n) is 25.2. The summed E-state index contributed by atoms with van der Waals surface area (Å²) >= 11 is 0. The van der Waals surface area contributed by atoms with Crippen LogP contribution in [0.2, 0.25) is 0 Å². The summed E-state index contributed by atoms with van der Waals surface area (Å²) in [6, 6.07) is 41.0. The van der Waals surface area contributed by atoms with Gasteiger partial charge in [-0.25, -0.2) is 4.79 Å². The number of Topliss-reactive ketones (excluding diaryl/α,β-unsaturated/α-hetero) is 1. The van der Waals surface area contributed by atoms with E-state index in [-0.39, 0.29) is 5.57 Å². The lowest BCUT2D eigenvalue weighted by Crippen LogP contribution is -2.65. The molecule has 8 nitrogen and oxygen atoms in total. The van der Waals surface area contributed by atoms with Crippen LogP contribution in [0.1, 0.15) is 11.1 Å². The molecule has 2 heterocycles. The van der Waals surface area contributed by atoms with Crippen LogP contribution in [0.15, 0.2) is 145 Å². The Morgan fingerprint density at radius 1 is 0.522 bits per heavy atom. The second-order valence-electron chi connectivity index (χ2n) is 10.8. The Hall–Kier alpha value is -6.15. The van der Waals surface area contributed by atoms with Gasteiger partial charge < -0.3 is 9.47 Å². The molecule has 0 spiro atoms. The van der Waals surface area contributed by atoms with Crippen molar-refractivity contribution in [3.8, 4) is 11.5 Å². The molecule has 0 radical (unpaired) electrons. The molecule has 0 aliphatic carbocycles. The van der Waals surface area contributed by atoms with Crippen LogP contribution >= 0.6 is 0 Å². The van der Waals surface area contributed by atoms with Gasteiger partial charge in [0.2, 0.25) is 0 Å². The number of hydrogen-bond donors (Lipinski definition) is 0. The second kappa shape index (κ2) is 11.4. The first-order chi connectivity index (χ1) is 22.5. The van der Waals surface area contributed by atoms with E-state index in [1.807, 2.05) is 54.6 Å². The Morgan fingerprint density at radius 2 is 0.978 bits per heavy atom. The van der Waals surface area contributed by atoms with Crippen molar-refractivity contribution in [3.05, 3.63) is 156 Å². The fraction of sp³-hybridized carbons (Fsp3) is 0.0789. The number of anilines is 3. The molecule has 1 atom stereocenters. The maximum Gasteiger partial charge on any atom is 0.336 e. The first-order valence-corrected chi connectivity index (χ1v) is 14.7. The molecule has 8 heteroatoms. The van der Waals surface area contributed by atoms with Crippen molar-refractivity contribution in [2.75, 3.05) is 28.9 Å². The molecule has 2 aliphatic rings. The molecule has 1 fully saturated rings. The largest absolute Gasteiger partial charge is 0.497 e. The van der Waals surface area contributed by atoms with Gasteiger partial charge in [0.25, 0.3) is 5.78 Å². The number of rotatable bonds is 7. The van der Waals surface area contributed by atoms with Gasteiger partial charge in [-0.15, -0.1) is 0 Å². The average molecular weight is 608 g/mol. The van der Waals surface area contributed by atoms with E-state index in [9.17, 15) is 9.59 Å². The number of amides is 3. The van der Waals surface area contributed by atoms with Crippen LogP contribution in [-0.4, -0.2) is 31.9 Å². The quantitative estimate of drug-likeness (QED) is 0.186. The van der Waals surface area contributed by atoms with Gasteiger partial charge in [0.05, 0.1) is 31.2 Å². The number of ether oxygens (including phenoxy) is 2. The van der Waals surface area contributed by atoms with Crippen LogP contribution in [0.4, 0.5) is 21.9 Å². The number of benzene rings is 5. The van der Waals surface area contributed by atoms with Crippen molar-refractivity contribution >= 4 is 40.5 Å². The highest BCUT2D eigenvalue weighted by molar-refractivity contribution is 6.54. The minimum Gasteiger partial charge on any atom is -0.497 e. The van der Waals surface area contributed by atoms with Crippen molar-refractivity contribution in [1.29, 1.82) is 0 Å². The Bertz CT molecular complexity index is 1960. The molecule has 226 valence electrons. The predicted octanol–water partition coefficient (Wildman–Crippen LogP) is 7.03. The van der Waals surface area contributed by atoms with E-state index in [0.29, 0.717) is 45.4 Å². The molecule has 0 N–H and O–H groups in total. The third kappa shape index (κ3) is 4.26. The van der Waals surface area contributed by atoms with E-state index >= 15 is 4.79 Å². The fourth-order valence-electron chi connectivity index (χ4n) is 6.38. The maximum absolute atomic E-state index is 15.4. The Morgan fingerprint density at radius 3 is 1.48 bits per heavy atom. The van der Waals surface area contributed by atoms with Crippen LogP contribution in [0.5, 0.6) is 11.5 Å². The Labute approximate surface area is 266 Å². The fourth-order valence-corrected chi connectivity index (χ4v) is 6.38. The Balaban J connectivity index is 1.69. The van der Waals surface area contributed by atoms with Crippen molar-refractivity contribution in [1.82, 2.24) is 0 Å². The summed E-state index contributed by atoms with van der Waals surface area (Å²) in [7, 11) is 3.14. The van der Waals surface area contributed by atoms with Crippen molar-refractivity contribution in [2.45, 2.75) is 5.66 Å². The summed E-state index contributed by atoms with van der Waals surface area (Å²) < 4.78 is 10.9. The van der Waals surface area contributed by atoms with Gasteiger partial charge in [0.1, 0.15) is 11.5 Å². The number of para-hydroxylation sites is 3. The molecule has 1 saturated heterocycles. The topological polar surface area (TPSA) is 79.4 Å². The molecule has 5 aromatic rings. The van der Waals surface area contributed by atoms with Gasteiger partial charge in [0, 0.05) is 16.9 Å². The van der Waals surface area contributed by atoms with Crippen LogP contribution < -0.4 is 24.2 Å². The number of methoxy groups -OCH3 is 2. The minimum absolute atomic E-state index is 0.143. The normalized spacial score (nSPS) is 17.8. The molecule has 46 heavy (non-hydrogen) atoms. The molecule has 0 bridgehead atoms. The first-order valence-electron chi connectivity index (χ1n) is 14.7. The van der Waals surface area contributed by atoms with Gasteiger partial charge in [-0.2, -0.15) is 0 Å². The van der Waals surface area contributed by atoms with Crippen molar-refractivity contribution in [2.24, 2.45) is 0 Å². The lowest BCUT2D eigenvalue weighted by Gasteiger charge is -2.52. The predicted molar refractivity (Wildman–Crippen MR) is 177 cm³/mol. The molecule has 7 rings (SSSR count). The molecule has 5 aromatic carbocycles. The summed E-state index contributed by atoms with van der Waals surface area (Å²) in [5.41, 5.74) is 1.32. The minimum atomic E-state index is -1.72. The van der Waals surface area contributed by atoms with Crippen LogP contribution in [0.3, 0.4) is 0 Å². The summed E-state index contributed by atoms with van der Waals surface area (Å²) in [5, 5.41) is 0. The van der Waals surface area contributed by atoms with E-state index in [1.165, 1.54) is 9.80 Å². The standard InChI is InChI=1S/C38H29N3O5/c1-45-31-22-18-26(19-23-31)34-33-35(42)36(43)40(29-14-8-4-9-15-29)38(33,27-20-24-32(46-2)25-21-27)41(30-16-10-5-11-17-30)37(44)39(34)28-12-6-3-7-13-28/h3-25H,1-2H3/t38-/m0/s1. The van der Waals surface area contributed by atoms with Crippen LogP contribution in [0, 0.1) is 0 Å². The lowest BCUT2D eigenvalue weighted by atomic mass is 9.83. The monoisotopic (exact) mass is 607 g/mol. The molecule has 2 aliphatic heterocycles. The number of carbonyl (C=O) groups excluding carboxylic acids is 3. The highest BCUT2D eigenvalue weighted by Gasteiger charge is 2.66. The highest BCUT2D eigenvalue weighted by Crippen LogP contribution is 2.55. The van der Waals surface area contributed by atoms with Gasteiger partial charge in [-0.05, 0) is 78.4 Å². The Kier molecular flexibility index (Phi) is 7.10. The van der Waals surface area contributed by atoms with Crippen LogP contribution in [0.25, 0.3) is 5.70 Å². The molecular formula is C38H29N3O5. The third-order valence-electron chi connectivity index (χ3n) is 8.36. The van der Waals surface area contributed by atoms with Gasteiger partial charge in [-0.1, -0.05) is 66.7 Å². The van der Waals surface area contributed by atoms with Gasteiger partial charge in [0.15, 0.2) is 5.66 Å². The number of nitrogens with zero attached hydrogens (tertiary/aromatic N) is 3. The van der Waals surface area contributed by atoms with Crippen molar-refractivity contribution < 1.29 is 23.9 Å². The maximum atomic E-state index is 15.4. The lowest BCUT2D eigenvalue weighted by molar-refractivity contribution is -0.132. The van der Waals surface area contributed by atoms with Crippen molar-refractivity contribution in [3.63, 3.8) is 0 Å². The van der Waals surface area contributed by atoms with E-state index in [1.54, 1.807) is 104 Å². The number of ketones is 1. The average Bonchev–Trinajstić information content (AvgIpc) is 3.35. The van der Waals surface area contributed by atoms with Gasteiger partial charge >= 0.3 is 11.9 Å². The zero-order chi connectivity index (χ0) is 31.8. The molecular weight excluding hydrogens is 578 g/mol. The van der Waals surface area contributed by atoms with Gasteiger partial charge in [-0.3, -0.25) is 24.3 Å². The number of fused-ring (bicyclic) bond motifs is 1. The first kappa shape index (κ1) is 28.6. The molecule has 0 saturated carbocycles. The summed E-state index contributed by atoms with van der Waals surface area (Å²) in [6.07, 6.45) is 0. The molecule has 3 amide bonds. The molecule has 0 unspecified atom stereocenters. The van der Waals surface area contributed by atoms with Crippen LogP contribution in [-0.2, 0) is 15.3 Å². The second-order valence-corrected chi connectivity index (χ2v) is 10.8. The van der Waals surface area contributed by atoms with E-state index in [0.717, 1.165) is 0 Å². The smallest absolute Gasteiger partial charge is 0.336 e. The summed E-state index contributed by atoms with van der Waals surface area (Å²) in [5.74, 6) is -0.288. The number of hydrogen-bond acceptors (Lipinski definition) is 5.